The molecule has 0 saturated carbocycles. The minimum Gasteiger partial charge on any atom is -0.388 e. The molecule has 20 heavy (non-hydrogen) atoms. The average molecular weight is 281 g/mol. The van der Waals surface area contributed by atoms with E-state index in [2.05, 4.69) is 15.3 Å². The number of nitrogens with one attached hydrogen (secondary N) is 2. The molecule has 2 aromatic heterocycles. The Labute approximate surface area is 115 Å². The smallest absolute Gasteiger partial charge is 0.332 e. The number of aliphatic hydroxyl groups is 1. The lowest BCUT2D eigenvalue weighted by Gasteiger charge is -2.21. The van der Waals surface area contributed by atoms with E-state index in [4.69, 9.17) is 0 Å². The Morgan fingerprint density at radius 2 is 2.00 bits per heavy atom. The molecule has 3 N–H and O–H groups in total. The molecule has 0 radical (unpaired) electrons. The van der Waals surface area contributed by atoms with E-state index < -0.39 is 16.9 Å². The zero-order valence-corrected chi connectivity index (χ0v) is 12.0. The van der Waals surface area contributed by atoms with E-state index in [1.54, 1.807) is 14.0 Å². The summed E-state index contributed by atoms with van der Waals surface area (Å²) >= 11 is 0. The van der Waals surface area contributed by atoms with Crippen molar-refractivity contribution < 1.29 is 5.11 Å². The first-order valence-corrected chi connectivity index (χ1v) is 6.39. The summed E-state index contributed by atoms with van der Waals surface area (Å²) in [6.07, 6.45) is 0.584. The number of hydrogen-bond acceptors (Lipinski definition) is 5. The van der Waals surface area contributed by atoms with Crippen molar-refractivity contribution in [1.29, 1.82) is 0 Å². The van der Waals surface area contributed by atoms with Gasteiger partial charge in [0.2, 0.25) is 5.95 Å². The predicted molar refractivity (Wildman–Crippen MR) is 76.0 cm³/mol. The van der Waals surface area contributed by atoms with Crippen LogP contribution in [0, 0.1) is 0 Å². The maximum Gasteiger partial charge on any atom is 0.332 e. The topological polar surface area (TPSA) is 105 Å². The third kappa shape index (κ3) is 2.34. The quantitative estimate of drug-likeness (QED) is 0.703. The van der Waals surface area contributed by atoms with E-state index in [0.717, 1.165) is 4.57 Å². The van der Waals surface area contributed by atoms with Gasteiger partial charge in [0.15, 0.2) is 11.2 Å². The number of H-pyrrole nitrogens is 1. The Morgan fingerprint density at radius 3 is 2.60 bits per heavy atom. The number of hydrogen-bond donors (Lipinski definition) is 3. The predicted octanol–water partition coefficient (Wildman–Crippen LogP) is -0.467. The number of aryl methyl sites for hydroxylation is 1. The van der Waals surface area contributed by atoms with Gasteiger partial charge in [-0.25, -0.2) is 4.79 Å². The molecule has 110 valence electrons. The molecule has 2 heterocycles. The molecule has 0 amide bonds. The van der Waals surface area contributed by atoms with Crippen molar-refractivity contribution in [2.24, 2.45) is 14.1 Å². The first-order valence-electron chi connectivity index (χ1n) is 6.39. The highest BCUT2D eigenvalue weighted by atomic mass is 16.3. The lowest BCUT2D eigenvalue weighted by Crippen LogP contribution is -2.36. The van der Waals surface area contributed by atoms with Gasteiger partial charge in [0.05, 0.1) is 5.60 Å². The molecule has 2 aromatic rings. The monoisotopic (exact) mass is 281 g/mol. The summed E-state index contributed by atoms with van der Waals surface area (Å²) in [4.78, 5) is 30.8. The largest absolute Gasteiger partial charge is 0.388 e. The third-order valence-corrected chi connectivity index (χ3v) is 3.49. The summed E-state index contributed by atoms with van der Waals surface area (Å²) in [6, 6.07) is 0. The van der Waals surface area contributed by atoms with Gasteiger partial charge in [-0.15, -0.1) is 0 Å². The van der Waals surface area contributed by atoms with E-state index in [-0.39, 0.29) is 17.7 Å². The number of fused-ring (bicyclic) bond motifs is 1. The summed E-state index contributed by atoms with van der Waals surface area (Å²) in [6.45, 7) is 3.87. The number of aromatic nitrogens is 4. The molecule has 0 spiro atoms. The second kappa shape index (κ2) is 4.78. The van der Waals surface area contributed by atoms with Crippen LogP contribution in [0.5, 0.6) is 0 Å². The molecule has 8 heteroatoms. The lowest BCUT2D eigenvalue weighted by atomic mass is 10.0. The van der Waals surface area contributed by atoms with E-state index in [9.17, 15) is 14.7 Å². The molecule has 0 aromatic carbocycles. The van der Waals surface area contributed by atoms with Gasteiger partial charge in [0, 0.05) is 20.6 Å². The molecular formula is C12H19N5O3. The highest BCUT2D eigenvalue weighted by Gasteiger charge is 2.19. The van der Waals surface area contributed by atoms with Crippen molar-refractivity contribution in [1.82, 2.24) is 19.1 Å². The van der Waals surface area contributed by atoms with Crippen LogP contribution < -0.4 is 16.6 Å². The van der Waals surface area contributed by atoms with Gasteiger partial charge in [-0.2, -0.15) is 4.98 Å². The van der Waals surface area contributed by atoms with Gasteiger partial charge >= 0.3 is 5.69 Å². The van der Waals surface area contributed by atoms with Crippen LogP contribution in [0.15, 0.2) is 9.59 Å². The number of rotatable bonds is 4. The fourth-order valence-electron chi connectivity index (χ4n) is 1.81. The summed E-state index contributed by atoms with van der Waals surface area (Å²) < 4.78 is 2.32. The molecule has 0 bridgehead atoms. The van der Waals surface area contributed by atoms with Crippen molar-refractivity contribution in [3.63, 3.8) is 0 Å². The summed E-state index contributed by atoms with van der Waals surface area (Å²) in [5.74, 6) is 0.354. The molecule has 0 aliphatic rings. The Kier molecular flexibility index (Phi) is 3.43. The van der Waals surface area contributed by atoms with Crippen LogP contribution in [0.4, 0.5) is 5.95 Å². The first kappa shape index (κ1) is 14.3. The molecule has 0 saturated heterocycles. The van der Waals surface area contributed by atoms with Crippen LogP contribution in [-0.4, -0.2) is 36.4 Å². The van der Waals surface area contributed by atoms with Crippen molar-refractivity contribution in [3.8, 4) is 0 Å². The zero-order valence-electron chi connectivity index (χ0n) is 12.0. The van der Waals surface area contributed by atoms with E-state index in [0.29, 0.717) is 12.4 Å². The summed E-state index contributed by atoms with van der Waals surface area (Å²) in [7, 11) is 2.97. The molecule has 0 fully saturated rings. The van der Waals surface area contributed by atoms with E-state index >= 15 is 0 Å². The van der Waals surface area contributed by atoms with Crippen LogP contribution >= 0.6 is 0 Å². The molecule has 0 aliphatic heterocycles. The second-order valence-electron chi connectivity index (χ2n) is 5.19. The van der Waals surface area contributed by atoms with Gasteiger partial charge in [-0.05, 0) is 13.3 Å². The highest BCUT2D eigenvalue weighted by Crippen LogP contribution is 2.12. The number of aromatic amines is 1. The second-order valence-corrected chi connectivity index (χ2v) is 5.19. The Morgan fingerprint density at radius 1 is 1.35 bits per heavy atom. The molecular weight excluding hydrogens is 262 g/mol. The summed E-state index contributed by atoms with van der Waals surface area (Å²) in [5, 5.41) is 12.9. The van der Waals surface area contributed by atoms with Gasteiger partial charge in [-0.1, -0.05) is 6.92 Å². The van der Waals surface area contributed by atoms with Crippen LogP contribution in [0.2, 0.25) is 0 Å². The Balaban J connectivity index is 2.45. The molecule has 1 atom stereocenters. The number of imidazole rings is 1. The van der Waals surface area contributed by atoms with E-state index in [1.165, 1.54) is 11.6 Å². The van der Waals surface area contributed by atoms with Crippen molar-refractivity contribution >= 4 is 17.1 Å². The van der Waals surface area contributed by atoms with Gasteiger partial charge in [-0.3, -0.25) is 13.9 Å². The SMILES string of the molecule is CCC(C)(O)CNc1nc2c([nH]1)c(=O)n(C)c(=O)n2C. The maximum atomic E-state index is 12.0. The van der Waals surface area contributed by atoms with Gasteiger partial charge in [0.25, 0.3) is 5.56 Å². The van der Waals surface area contributed by atoms with E-state index in [1.807, 2.05) is 6.92 Å². The minimum atomic E-state index is -0.865. The number of nitrogens with zero attached hydrogens (tertiary/aromatic N) is 3. The maximum absolute atomic E-state index is 12.0. The van der Waals surface area contributed by atoms with Crippen molar-refractivity contribution in [3.05, 3.63) is 20.8 Å². The number of anilines is 1. The normalized spacial score (nSPS) is 14.4. The lowest BCUT2D eigenvalue weighted by molar-refractivity contribution is 0.0696. The zero-order chi connectivity index (χ0) is 15.1. The van der Waals surface area contributed by atoms with Crippen LogP contribution in [0.3, 0.4) is 0 Å². The van der Waals surface area contributed by atoms with Crippen molar-refractivity contribution in [2.45, 2.75) is 25.9 Å². The van der Waals surface area contributed by atoms with Gasteiger partial charge < -0.3 is 15.4 Å². The molecule has 1 unspecified atom stereocenters. The first-order chi connectivity index (χ1) is 9.26. The molecule has 0 aliphatic carbocycles. The molecule has 8 nitrogen and oxygen atoms in total. The highest BCUT2D eigenvalue weighted by molar-refractivity contribution is 5.72. The molecule has 2 rings (SSSR count). The van der Waals surface area contributed by atoms with Crippen molar-refractivity contribution in [2.75, 3.05) is 11.9 Å². The Hall–Kier alpha value is -2.09. The third-order valence-electron chi connectivity index (χ3n) is 3.49. The van der Waals surface area contributed by atoms with Crippen LogP contribution in [0.25, 0.3) is 11.2 Å². The average Bonchev–Trinajstić information content (AvgIpc) is 2.85. The fourth-order valence-corrected chi connectivity index (χ4v) is 1.81. The fraction of sp³-hybridized carbons (Fsp3) is 0.583. The Bertz CT molecular complexity index is 753. The van der Waals surface area contributed by atoms with Crippen LogP contribution in [0.1, 0.15) is 20.3 Å². The minimum absolute atomic E-state index is 0.258. The standard InChI is InChI=1S/C12H19N5O3/c1-5-12(2,20)6-13-10-14-7-8(15-10)16(3)11(19)17(4)9(7)18/h20H,5-6H2,1-4H3,(H2,13,14,15). The van der Waals surface area contributed by atoms with Crippen LogP contribution in [-0.2, 0) is 14.1 Å². The summed E-state index contributed by atoms with van der Waals surface area (Å²) in [5.41, 5.74) is -1.17. The van der Waals surface area contributed by atoms with Gasteiger partial charge in [0.1, 0.15) is 0 Å².